The number of carbonyl (C=O) groups is 1. The summed E-state index contributed by atoms with van der Waals surface area (Å²) in [6.07, 6.45) is 9.94. The molecule has 2 rings (SSSR count). The molecule has 0 aromatic carbocycles. The fourth-order valence-electron chi connectivity index (χ4n) is 2.39. The van der Waals surface area contributed by atoms with Crippen LogP contribution in [0.1, 0.15) is 42.6 Å². The van der Waals surface area contributed by atoms with Gasteiger partial charge in [-0.25, -0.2) is 9.97 Å². The number of anilines is 1. The fourth-order valence-corrected chi connectivity index (χ4v) is 2.39. The quantitative estimate of drug-likeness (QED) is 0.568. The van der Waals surface area contributed by atoms with Crippen LogP contribution in [0.15, 0.2) is 23.9 Å². The number of hydrogen-bond donors (Lipinski definition) is 2. The van der Waals surface area contributed by atoms with Gasteiger partial charge in [0.15, 0.2) is 0 Å². The van der Waals surface area contributed by atoms with Crippen molar-refractivity contribution in [2.24, 2.45) is 0 Å². The summed E-state index contributed by atoms with van der Waals surface area (Å²) < 4.78 is 4.90. The number of nitrogens with zero attached hydrogens (tertiary/aromatic N) is 2. The molecule has 1 aromatic rings. The van der Waals surface area contributed by atoms with E-state index in [0.29, 0.717) is 24.8 Å². The van der Waals surface area contributed by atoms with E-state index in [4.69, 9.17) is 4.74 Å². The van der Waals surface area contributed by atoms with Crippen LogP contribution in [0.2, 0.25) is 0 Å². The van der Waals surface area contributed by atoms with Crippen LogP contribution < -0.4 is 10.6 Å². The Morgan fingerprint density at radius 2 is 2.27 bits per heavy atom. The van der Waals surface area contributed by atoms with Gasteiger partial charge in [-0.3, -0.25) is 4.79 Å². The largest absolute Gasteiger partial charge is 0.383 e. The van der Waals surface area contributed by atoms with Crippen LogP contribution in [0.4, 0.5) is 5.95 Å². The average molecular weight is 304 g/mol. The Morgan fingerprint density at radius 3 is 3.05 bits per heavy atom. The molecular formula is C16H24N4O2. The zero-order valence-corrected chi connectivity index (χ0v) is 13.1. The van der Waals surface area contributed by atoms with Crippen molar-refractivity contribution in [1.29, 1.82) is 0 Å². The van der Waals surface area contributed by atoms with Gasteiger partial charge in [0.2, 0.25) is 5.95 Å². The van der Waals surface area contributed by atoms with E-state index in [1.165, 1.54) is 31.3 Å². The standard InChI is InChI=1S/C16H24N4O2/c1-22-12-11-17-15(21)14-8-10-19-16(20-14)18-9-7-13-5-3-2-4-6-13/h5,8,10H,2-4,6-7,9,11-12H2,1H3,(H,17,21)(H,18,19,20). The zero-order valence-electron chi connectivity index (χ0n) is 13.1. The number of methoxy groups -OCH3 is 1. The Hall–Kier alpha value is -1.95. The first-order valence-corrected chi connectivity index (χ1v) is 7.81. The molecule has 0 bridgehead atoms. The maximum atomic E-state index is 11.9. The summed E-state index contributed by atoms with van der Waals surface area (Å²) in [7, 11) is 1.60. The molecule has 1 amide bonds. The van der Waals surface area contributed by atoms with Gasteiger partial charge in [-0.15, -0.1) is 0 Å². The number of amides is 1. The lowest BCUT2D eigenvalue weighted by molar-refractivity contribution is 0.0932. The van der Waals surface area contributed by atoms with E-state index in [1.807, 2.05) is 0 Å². The average Bonchev–Trinajstić information content (AvgIpc) is 2.56. The van der Waals surface area contributed by atoms with E-state index >= 15 is 0 Å². The number of nitrogens with one attached hydrogen (secondary N) is 2. The lowest BCUT2D eigenvalue weighted by atomic mass is 9.97. The summed E-state index contributed by atoms with van der Waals surface area (Å²) >= 11 is 0. The van der Waals surface area contributed by atoms with Gasteiger partial charge in [0, 0.05) is 26.4 Å². The van der Waals surface area contributed by atoms with Crippen LogP contribution in [-0.2, 0) is 4.74 Å². The van der Waals surface area contributed by atoms with E-state index in [-0.39, 0.29) is 5.91 Å². The SMILES string of the molecule is COCCNC(=O)c1ccnc(NCCC2=CCCCC2)n1. The van der Waals surface area contributed by atoms with E-state index in [9.17, 15) is 4.79 Å². The van der Waals surface area contributed by atoms with Crippen molar-refractivity contribution in [3.63, 3.8) is 0 Å². The topological polar surface area (TPSA) is 76.1 Å². The van der Waals surface area contributed by atoms with E-state index < -0.39 is 0 Å². The Balaban J connectivity index is 1.80. The Bertz CT molecular complexity index is 517. The zero-order chi connectivity index (χ0) is 15.6. The minimum atomic E-state index is -0.211. The number of aromatic nitrogens is 2. The van der Waals surface area contributed by atoms with Crippen molar-refractivity contribution in [3.05, 3.63) is 29.6 Å². The number of rotatable bonds is 8. The number of allylic oxidation sites excluding steroid dienone is 1. The molecular weight excluding hydrogens is 280 g/mol. The van der Waals surface area contributed by atoms with Crippen LogP contribution in [-0.4, -0.2) is 42.7 Å². The summed E-state index contributed by atoms with van der Waals surface area (Å²) in [5.74, 6) is 0.285. The molecule has 1 aliphatic carbocycles. The van der Waals surface area contributed by atoms with Crippen molar-refractivity contribution >= 4 is 11.9 Å². The molecule has 2 N–H and O–H groups in total. The highest BCUT2D eigenvalue weighted by atomic mass is 16.5. The van der Waals surface area contributed by atoms with E-state index in [1.54, 1.807) is 19.4 Å². The second kappa shape index (κ2) is 9.15. The third-order valence-corrected chi connectivity index (χ3v) is 3.59. The third-order valence-electron chi connectivity index (χ3n) is 3.59. The number of carbonyl (C=O) groups excluding carboxylic acids is 1. The highest BCUT2D eigenvalue weighted by Crippen LogP contribution is 2.19. The van der Waals surface area contributed by atoms with Crippen molar-refractivity contribution in [2.45, 2.75) is 32.1 Å². The molecule has 0 atom stereocenters. The minimum absolute atomic E-state index is 0.211. The van der Waals surface area contributed by atoms with Crippen LogP contribution >= 0.6 is 0 Å². The van der Waals surface area contributed by atoms with Crippen molar-refractivity contribution in [3.8, 4) is 0 Å². The normalized spacial score (nSPS) is 14.3. The Morgan fingerprint density at radius 1 is 1.36 bits per heavy atom. The fraction of sp³-hybridized carbons (Fsp3) is 0.562. The van der Waals surface area contributed by atoms with Gasteiger partial charge in [0.05, 0.1) is 6.61 Å². The molecule has 0 saturated heterocycles. The van der Waals surface area contributed by atoms with Gasteiger partial charge in [0.1, 0.15) is 5.69 Å². The minimum Gasteiger partial charge on any atom is -0.383 e. The van der Waals surface area contributed by atoms with Crippen LogP contribution in [0.25, 0.3) is 0 Å². The molecule has 1 heterocycles. The summed E-state index contributed by atoms with van der Waals surface area (Å²) in [6, 6.07) is 1.61. The molecule has 120 valence electrons. The highest BCUT2D eigenvalue weighted by Gasteiger charge is 2.08. The van der Waals surface area contributed by atoms with Crippen LogP contribution in [0.3, 0.4) is 0 Å². The van der Waals surface area contributed by atoms with Crippen molar-refractivity contribution < 1.29 is 9.53 Å². The molecule has 0 saturated carbocycles. The first-order chi connectivity index (χ1) is 10.8. The molecule has 0 unspecified atom stereocenters. The lowest BCUT2D eigenvalue weighted by Gasteiger charge is -2.13. The molecule has 0 radical (unpaired) electrons. The molecule has 0 fully saturated rings. The monoisotopic (exact) mass is 304 g/mol. The van der Waals surface area contributed by atoms with Crippen LogP contribution in [0, 0.1) is 0 Å². The first-order valence-electron chi connectivity index (χ1n) is 7.81. The predicted molar refractivity (Wildman–Crippen MR) is 85.9 cm³/mol. The molecule has 1 aliphatic rings. The highest BCUT2D eigenvalue weighted by molar-refractivity contribution is 5.92. The predicted octanol–water partition coefficient (Wildman–Crippen LogP) is 2.16. The summed E-state index contributed by atoms with van der Waals surface area (Å²) in [6.45, 7) is 1.74. The molecule has 0 spiro atoms. The van der Waals surface area contributed by atoms with Gasteiger partial charge < -0.3 is 15.4 Å². The molecule has 1 aromatic heterocycles. The molecule has 0 aliphatic heterocycles. The van der Waals surface area contributed by atoms with E-state index in [0.717, 1.165) is 13.0 Å². The molecule has 6 nitrogen and oxygen atoms in total. The Kier molecular flexibility index (Phi) is 6.83. The molecule has 22 heavy (non-hydrogen) atoms. The Labute approximate surface area is 131 Å². The lowest BCUT2D eigenvalue weighted by Crippen LogP contribution is -2.28. The second-order valence-corrected chi connectivity index (χ2v) is 5.30. The van der Waals surface area contributed by atoms with E-state index in [2.05, 4.69) is 26.7 Å². The number of ether oxygens (including phenoxy) is 1. The van der Waals surface area contributed by atoms with Crippen molar-refractivity contribution in [1.82, 2.24) is 15.3 Å². The maximum Gasteiger partial charge on any atom is 0.270 e. The smallest absolute Gasteiger partial charge is 0.270 e. The second-order valence-electron chi connectivity index (χ2n) is 5.30. The van der Waals surface area contributed by atoms with Crippen molar-refractivity contribution in [2.75, 3.05) is 32.1 Å². The van der Waals surface area contributed by atoms with Gasteiger partial charge in [-0.2, -0.15) is 0 Å². The third kappa shape index (κ3) is 5.44. The van der Waals surface area contributed by atoms with Gasteiger partial charge in [-0.05, 0) is 38.2 Å². The first kappa shape index (κ1) is 16.4. The molecule has 6 heteroatoms. The maximum absolute atomic E-state index is 11.9. The summed E-state index contributed by atoms with van der Waals surface area (Å²) in [5.41, 5.74) is 1.87. The van der Waals surface area contributed by atoms with Gasteiger partial charge in [-0.1, -0.05) is 11.6 Å². The van der Waals surface area contributed by atoms with Gasteiger partial charge in [0.25, 0.3) is 5.91 Å². The van der Waals surface area contributed by atoms with Gasteiger partial charge >= 0.3 is 0 Å². The van der Waals surface area contributed by atoms with Crippen LogP contribution in [0.5, 0.6) is 0 Å². The number of hydrogen-bond acceptors (Lipinski definition) is 5. The summed E-state index contributed by atoms with van der Waals surface area (Å²) in [5, 5.41) is 5.93. The summed E-state index contributed by atoms with van der Waals surface area (Å²) in [4.78, 5) is 20.3.